The number of rotatable bonds is 10. The first-order valence-electron chi connectivity index (χ1n) is 8.96. The van der Waals surface area contributed by atoms with E-state index in [9.17, 15) is 28.8 Å². The van der Waals surface area contributed by atoms with Crippen molar-refractivity contribution in [2.75, 3.05) is 26.4 Å². The lowest BCUT2D eigenvalue weighted by molar-refractivity contribution is -0.132. The SMILES string of the molecule is C=CC(=O)O.C=CC(=O)O.C=CC(=O)O.C=CC(=O)O.C=CC(=O)O.C=CC(=O)O.OCCOCCO. The Balaban J connectivity index is -0.0000000570. The van der Waals surface area contributed by atoms with Gasteiger partial charge in [-0.05, 0) is 0 Å². The normalized spacial score (nSPS) is 6.97. The third-order valence-corrected chi connectivity index (χ3v) is 1.52. The molecule has 0 bridgehead atoms. The van der Waals surface area contributed by atoms with Gasteiger partial charge >= 0.3 is 35.8 Å². The first-order valence-corrected chi connectivity index (χ1v) is 8.96. The van der Waals surface area contributed by atoms with Crippen molar-refractivity contribution in [2.45, 2.75) is 0 Å². The van der Waals surface area contributed by atoms with E-state index in [-0.39, 0.29) is 13.2 Å². The number of carboxylic acid groups (broad SMARTS) is 6. The lowest BCUT2D eigenvalue weighted by atomic mass is 10.7. The minimum absolute atomic E-state index is 0.0278. The standard InChI is InChI=1S/C4H10O3.6C3H4O2/c5-1-3-7-4-2-6;6*1-2-3(4)5/h5-6H,1-4H2;6*2H,1H2,(H,4,5). The number of aliphatic hydroxyl groups excluding tert-OH is 2. The van der Waals surface area contributed by atoms with Crippen LogP contribution in [0.3, 0.4) is 0 Å². The molecule has 0 radical (unpaired) electrons. The fourth-order valence-electron chi connectivity index (χ4n) is 0.231. The molecule has 0 unspecified atom stereocenters. The minimum atomic E-state index is -0.981. The predicted molar refractivity (Wildman–Crippen MR) is 132 cm³/mol. The molecule has 0 saturated carbocycles. The summed E-state index contributed by atoms with van der Waals surface area (Å²) in [5.74, 6) is -5.89. The lowest BCUT2D eigenvalue weighted by Gasteiger charge is -1.94. The van der Waals surface area contributed by atoms with E-state index in [0.29, 0.717) is 13.2 Å². The topological polar surface area (TPSA) is 273 Å². The Morgan fingerprint density at radius 2 is 0.541 bits per heavy atom. The maximum atomic E-state index is 9.25. The molecule has 37 heavy (non-hydrogen) atoms. The van der Waals surface area contributed by atoms with Crippen LogP contribution in [0.1, 0.15) is 0 Å². The van der Waals surface area contributed by atoms with Gasteiger partial charge < -0.3 is 45.6 Å². The van der Waals surface area contributed by atoms with Gasteiger partial charge in [-0.2, -0.15) is 0 Å². The van der Waals surface area contributed by atoms with Gasteiger partial charge in [0.2, 0.25) is 0 Å². The van der Waals surface area contributed by atoms with Crippen LogP contribution < -0.4 is 0 Å². The first-order chi connectivity index (χ1) is 17.0. The molecule has 0 aliphatic rings. The number of hydrogen-bond acceptors (Lipinski definition) is 9. The Morgan fingerprint density at radius 3 is 0.595 bits per heavy atom. The Hall–Kier alpha value is -4.86. The highest BCUT2D eigenvalue weighted by atomic mass is 16.5. The van der Waals surface area contributed by atoms with Gasteiger partial charge in [-0.3, -0.25) is 0 Å². The third-order valence-electron chi connectivity index (χ3n) is 1.52. The number of hydrogen-bond donors (Lipinski definition) is 8. The molecular weight excluding hydrogens is 504 g/mol. The van der Waals surface area contributed by atoms with Crippen LogP contribution in [0, 0.1) is 0 Å². The fourth-order valence-corrected chi connectivity index (χ4v) is 0.231. The second-order valence-corrected chi connectivity index (χ2v) is 4.31. The zero-order valence-electron chi connectivity index (χ0n) is 20.0. The maximum absolute atomic E-state index is 9.25. The molecule has 0 heterocycles. The molecular formula is C22H34O15. The molecule has 0 fully saturated rings. The van der Waals surface area contributed by atoms with Crippen LogP contribution in [0.5, 0.6) is 0 Å². The van der Waals surface area contributed by atoms with Crippen molar-refractivity contribution in [3.8, 4) is 0 Å². The summed E-state index contributed by atoms with van der Waals surface area (Å²) in [7, 11) is 0. The average Bonchev–Trinajstić information content (AvgIpc) is 2.86. The summed E-state index contributed by atoms with van der Waals surface area (Å²) in [5.41, 5.74) is 0. The molecule has 8 N–H and O–H groups in total. The smallest absolute Gasteiger partial charge is 0.327 e. The highest BCUT2D eigenvalue weighted by Gasteiger charge is 1.79. The molecule has 0 amide bonds. The minimum Gasteiger partial charge on any atom is -0.478 e. The molecule has 0 saturated heterocycles. The molecule has 0 rings (SSSR count). The quantitative estimate of drug-likeness (QED) is 0.139. The van der Waals surface area contributed by atoms with Gasteiger partial charge in [-0.1, -0.05) is 39.5 Å². The van der Waals surface area contributed by atoms with Crippen LogP contribution in [-0.4, -0.2) is 103 Å². The van der Waals surface area contributed by atoms with E-state index in [1.54, 1.807) is 0 Å². The van der Waals surface area contributed by atoms with Crippen molar-refractivity contribution in [1.82, 2.24) is 0 Å². The van der Waals surface area contributed by atoms with Crippen LogP contribution in [0.4, 0.5) is 0 Å². The number of ether oxygens (including phenoxy) is 1. The van der Waals surface area contributed by atoms with E-state index in [0.717, 1.165) is 36.5 Å². The summed E-state index contributed by atoms with van der Waals surface area (Å²) < 4.78 is 4.63. The molecule has 0 aliphatic heterocycles. The van der Waals surface area contributed by atoms with Gasteiger partial charge in [-0.15, -0.1) is 0 Å². The van der Waals surface area contributed by atoms with Crippen molar-refractivity contribution < 1.29 is 74.4 Å². The molecule has 15 heteroatoms. The number of aliphatic carboxylic acids is 6. The molecule has 0 aromatic rings. The molecule has 0 aliphatic carbocycles. The fraction of sp³-hybridized carbons (Fsp3) is 0.182. The van der Waals surface area contributed by atoms with Gasteiger partial charge in [0, 0.05) is 36.5 Å². The summed E-state index contributed by atoms with van der Waals surface area (Å²) in [5, 5.41) is 61.8. The predicted octanol–water partition coefficient (Wildman–Crippen LogP) is 0.530. The van der Waals surface area contributed by atoms with E-state index < -0.39 is 35.8 Å². The number of carbonyl (C=O) groups is 6. The average molecular weight is 538 g/mol. The van der Waals surface area contributed by atoms with Crippen molar-refractivity contribution in [2.24, 2.45) is 0 Å². The van der Waals surface area contributed by atoms with Crippen LogP contribution in [-0.2, 0) is 33.5 Å². The van der Waals surface area contributed by atoms with Crippen molar-refractivity contribution >= 4 is 35.8 Å². The van der Waals surface area contributed by atoms with Gasteiger partial charge in [0.25, 0.3) is 0 Å². The van der Waals surface area contributed by atoms with Crippen LogP contribution in [0.25, 0.3) is 0 Å². The first kappa shape index (κ1) is 49.3. The molecule has 0 atom stereocenters. The monoisotopic (exact) mass is 538 g/mol. The summed E-state index contributed by atoms with van der Waals surface area (Å²) in [4.78, 5) is 55.5. The summed E-state index contributed by atoms with van der Waals surface area (Å²) >= 11 is 0. The molecule has 0 aromatic heterocycles. The molecule has 0 aromatic carbocycles. The van der Waals surface area contributed by atoms with Crippen molar-refractivity contribution in [3.63, 3.8) is 0 Å². The van der Waals surface area contributed by atoms with E-state index in [2.05, 4.69) is 44.2 Å². The number of carboxylic acids is 6. The lowest BCUT2D eigenvalue weighted by Crippen LogP contribution is -2.03. The van der Waals surface area contributed by atoms with E-state index in [4.69, 9.17) is 40.9 Å². The zero-order chi connectivity index (χ0) is 31.2. The zero-order valence-corrected chi connectivity index (χ0v) is 20.0. The van der Waals surface area contributed by atoms with Crippen LogP contribution >= 0.6 is 0 Å². The summed E-state index contributed by atoms with van der Waals surface area (Å²) in [6, 6.07) is 0. The van der Waals surface area contributed by atoms with Gasteiger partial charge in [-0.25, -0.2) is 28.8 Å². The van der Waals surface area contributed by atoms with Crippen molar-refractivity contribution in [3.05, 3.63) is 75.9 Å². The molecule has 0 spiro atoms. The highest BCUT2D eigenvalue weighted by molar-refractivity contribution is 5.80. The summed E-state index contributed by atoms with van der Waals surface area (Å²) in [6.07, 6.45) is 5.00. The second kappa shape index (κ2) is 48.5. The molecule has 212 valence electrons. The third kappa shape index (κ3) is 213. The Morgan fingerprint density at radius 1 is 0.432 bits per heavy atom. The Bertz CT molecular complexity index is 551. The number of aliphatic hydroxyl groups is 2. The Kier molecular flexibility index (Phi) is 64.7. The maximum Gasteiger partial charge on any atom is 0.327 e. The van der Waals surface area contributed by atoms with Crippen molar-refractivity contribution in [1.29, 1.82) is 0 Å². The molecule has 15 nitrogen and oxygen atoms in total. The Labute approximate surface area is 213 Å². The van der Waals surface area contributed by atoms with Crippen LogP contribution in [0.2, 0.25) is 0 Å². The largest absolute Gasteiger partial charge is 0.478 e. The van der Waals surface area contributed by atoms with Gasteiger partial charge in [0.15, 0.2) is 0 Å². The van der Waals surface area contributed by atoms with Gasteiger partial charge in [0.05, 0.1) is 26.4 Å². The van der Waals surface area contributed by atoms with Crippen LogP contribution in [0.15, 0.2) is 75.9 Å². The summed E-state index contributed by atoms with van der Waals surface area (Å²) in [6.45, 7) is 18.5. The highest BCUT2D eigenvalue weighted by Crippen LogP contribution is 1.68. The van der Waals surface area contributed by atoms with E-state index >= 15 is 0 Å². The van der Waals surface area contributed by atoms with E-state index in [1.165, 1.54) is 0 Å². The van der Waals surface area contributed by atoms with E-state index in [1.807, 2.05) is 0 Å². The van der Waals surface area contributed by atoms with Gasteiger partial charge in [0.1, 0.15) is 0 Å². The second-order valence-electron chi connectivity index (χ2n) is 4.31.